The van der Waals surface area contributed by atoms with Crippen LogP contribution < -0.4 is 4.74 Å². The second-order valence-electron chi connectivity index (χ2n) is 4.22. The van der Waals surface area contributed by atoms with Crippen LogP contribution in [-0.4, -0.2) is 22.4 Å². The molecule has 0 aliphatic rings. The number of hydrogen-bond donors (Lipinski definition) is 0. The maximum absolute atomic E-state index is 11.4. The Morgan fingerprint density at radius 1 is 1.44 bits per heavy atom. The van der Waals surface area contributed by atoms with Gasteiger partial charge in [0.25, 0.3) is 0 Å². The molecule has 2 heterocycles. The fourth-order valence-corrected chi connectivity index (χ4v) is 1.95. The molecule has 2 rings (SSSR count). The molecule has 0 unspecified atom stereocenters. The molecule has 0 saturated carbocycles. The molecular formula is C14H16N2O2. The van der Waals surface area contributed by atoms with E-state index < -0.39 is 0 Å². The van der Waals surface area contributed by atoms with E-state index in [1.165, 1.54) is 0 Å². The summed E-state index contributed by atoms with van der Waals surface area (Å²) in [7, 11) is 1.63. The van der Waals surface area contributed by atoms with Gasteiger partial charge in [-0.15, -0.1) is 0 Å². The number of carbonyl (C=O) groups is 1. The van der Waals surface area contributed by atoms with Crippen molar-refractivity contribution in [3.63, 3.8) is 0 Å². The van der Waals surface area contributed by atoms with E-state index in [9.17, 15) is 4.79 Å². The lowest BCUT2D eigenvalue weighted by Gasteiger charge is -2.09. The van der Waals surface area contributed by atoms with E-state index in [1.807, 2.05) is 42.0 Å². The van der Waals surface area contributed by atoms with E-state index in [0.29, 0.717) is 12.2 Å². The van der Waals surface area contributed by atoms with Gasteiger partial charge in [0, 0.05) is 30.9 Å². The van der Waals surface area contributed by atoms with Crippen LogP contribution in [0.5, 0.6) is 5.75 Å². The first-order valence-corrected chi connectivity index (χ1v) is 5.78. The van der Waals surface area contributed by atoms with Gasteiger partial charge in [-0.2, -0.15) is 0 Å². The Labute approximate surface area is 106 Å². The van der Waals surface area contributed by atoms with Crippen molar-refractivity contribution in [3.05, 3.63) is 47.5 Å². The van der Waals surface area contributed by atoms with E-state index in [-0.39, 0.29) is 5.78 Å². The average molecular weight is 244 g/mol. The van der Waals surface area contributed by atoms with Crippen LogP contribution in [0.15, 0.2) is 30.5 Å². The summed E-state index contributed by atoms with van der Waals surface area (Å²) in [6, 6.07) is 7.45. The Morgan fingerprint density at radius 2 is 2.22 bits per heavy atom. The van der Waals surface area contributed by atoms with Crippen LogP contribution in [0.25, 0.3) is 0 Å². The van der Waals surface area contributed by atoms with Crippen LogP contribution in [0.1, 0.15) is 28.8 Å². The summed E-state index contributed by atoms with van der Waals surface area (Å²) in [5.41, 5.74) is 2.48. The second-order valence-corrected chi connectivity index (χ2v) is 4.22. The van der Waals surface area contributed by atoms with E-state index in [1.54, 1.807) is 14.0 Å². The van der Waals surface area contributed by atoms with E-state index >= 15 is 0 Å². The van der Waals surface area contributed by atoms with Crippen molar-refractivity contribution < 1.29 is 9.53 Å². The third-order valence-corrected chi connectivity index (χ3v) is 2.74. The zero-order valence-corrected chi connectivity index (χ0v) is 10.8. The number of aromatic nitrogens is 2. The van der Waals surface area contributed by atoms with Gasteiger partial charge in [-0.1, -0.05) is 0 Å². The number of methoxy groups -OCH3 is 1. The van der Waals surface area contributed by atoms with Gasteiger partial charge in [-0.05, 0) is 19.1 Å². The van der Waals surface area contributed by atoms with E-state index in [2.05, 4.69) is 4.98 Å². The van der Waals surface area contributed by atoms with E-state index in [0.717, 1.165) is 17.1 Å². The summed E-state index contributed by atoms with van der Waals surface area (Å²) in [5.74, 6) is 0.841. The van der Waals surface area contributed by atoms with Crippen LogP contribution in [0.4, 0.5) is 0 Å². The summed E-state index contributed by atoms with van der Waals surface area (Å²) in [5, 5.41) is 0. The molecule has 0 amide bonds. The lowest BCUT2D eigenvalue weighted by atomic mass is 10.2. The molecule has 0 aliphatic heterocycles. The van der Waals surface area contributed by atoms with Crippen molar-refractivity contribution >= 4 is 5.78 Å². The molecule has 94 valence electrons. The van der Waals surface area contributed by atoms with Gasteiger partial charge in [0.1, 0.15) is 5.75 Å². The number of ketones is 1. The molecule has 0 saturated heterocycles. The molecular weight excluding hydrogens is 228 g/mol. The molecule has 4 heteroatoms. The van der Waals surface area contributed by atoms with Gasteiger partial charge >= 0.3 is 0 Å². The number of hydrogen-bond acceptors (Lipinski definition) is 3. The highest BCUT2D eigenvalue weighted by molar-refractivity contribution is 5.92. The average Bonchev–Trinajstić information content (AvgIpc) is 2.76. The molecule has 0 N–H and O–H groups in total. The van der Waals surface area contributed by atoms with E-state index in [4.69, 9.17) is 4.74 Å². The van der Waals surface area contributed by atoms with Crippen LogP contribution in [0, 0.1) is 6.92 Å². The summed E-state index contributed by atoms with van der Waals surface area (Å²) in [6.45, 7) is 4.06. The normalized spacial score (nSPS) is 10.4. The summed E-state index contributed by atoms with van der Waals surface area (Å²) in [4.78, 5) is 15.9. The second kappa shape index (κ2) is 5.04. The number of nitrogens with zero attached hydrogens (tertiary/aromatic N) is 2. The van der Waals surface area contributed by atoms with Gasteiger partial charge in [-0.25, -0.2) is 0 Å². The molecule has 2 aromatic rings. The number of pyridine rings is 1. The number of ether oxygens (including phenoxy) is 1. The molecule has 4 nitrogen and oxygen atoms in total. The van der Waals surface area contributed by atoms with Crippen molar-refractivity contribution in [3.8, 4) is 5.75 Å². The molecule has 0 aromatic carbocycles. The van der Waals surface area contributed by atoms with Gasteiger partial charge in [-0.3, -0.25) is 9.78 Å². The minimum atomic E-state index is 0.0552. The Morgan fingerprint density at radius 3 is 2.89 bits per heavy atom. The number of carbonyl (C=O) groups excluding carboxylic acids is 1. The minimum Gasteiger partial charge on any atom is -0.497 e. The van der Waals surface area contributed by atoms with Crippen molar-refractivity contribution in [2.45, 2.75) is 20.4 Å². The quantitative estimate of drug-likeness (QED) is 0.776. The molecule has 0 radical (unpaired) electrons. The number of aryl methyl sites for hydroxylation is 1. The number of Topliss-reactive ketones (excluding diaryl/α,β-unsaturated/α-hetero) is 1. The predicted octanol–water partition coefficient (Wildman–Crippen LogP) is 2.45. The molecule has 0 bridgehead atoms. The van der Waals surface area contributed by atoms with Gasteiger partial charge in [0.2, 0.25) is 0 Å². The fourth-order valence-electron chi connectivity index (χ4n) is 1.95. The molecule has 18 heavy (non-hydrogen) atoms. The van der Waals surface area contributed by atoms with Crippen molar-refractivity contribution in [1.29, 1.82) is 0 Å². The van der Waals surface area contributed by atoms with Crippen molar-refractivity contribution in [2.75, 3.05) is 7.11 Å². The van der Waals surface area contributed by atoms with Crippen LogP contribution in [-0.2, 0) is 6.54 Å². The maximum atomic E-state index is 11.4. The fraction of sp³-hybridized carbons (Fsp3) is 0.286. The standard InChI is InChI=1S/C14H16N2O2/c1-10-7-13(18-3)8-12(15-10)9-16-6-4-5-14(16)11(2)17/h4-8H,9H2,1-3H3. The number of rotatable bonds is 4. The predicted molar refractivity (Wildman–Crippen MR) is 69.1 cm³/mol. The smallest absolute Gasteiger partial charge is 0.176 e. The zero-order chi connectivity index (χ0) is 13.1. The Balaban J connectivity index is 2.31. The Kier molecular flexibility index (Phi) is 3.46. The lowest BCUT2D eigenvalue weighted by Crippen LogP contribution is -2.08. The maximum Gasteiger partial charge on any atom is 0.176 e. The van der Waals surface area contributed by atoms with Gasteiger partial charge < -0.3 is 9.30 Å². The van der Waals surface area contributed by atoms with Crippen molar-refractivity contribution in [2.24, 2.45) is 0 Å². The zero-order valence-electron chi connectivity index (χ0n) is 10.8. The van der Waals surface area contributed by atoms with Crippen LogP contribution >= 0.6 is 0 Å². The third-order valence-electron chi connectivity index (χ3n) is 2.74. The third kappa shape index (κ3) is 2.59. The first kappa shape index (κ1) is 12.4. The highest BCUT2D eigenvalue weighted by Crippen LogP contribution is 2.15. The monoisotopic (exact) mass is 244 g/mol. The first-order chi connectivity index (χ1) is 8.60. The highest BCUT2D eigenvalue weighted by atomic mass is 16.5. The summed E-state index contributed by atoms with van der Waals surface area (Å²) < 4.78 is 7.11. The Bertz CT molecular complexity index is 573. The minimum absolute atomic E-state index is 0.0552. The Hall–Kier alpha value is -2.10. The van der Waals surface area contributed by atoms with Crippen molar-refractivity contribution in [1.82, 2.24) is 9.55 Å². The summed E-state index contributed by atoms with van der Waals surface area (Å²) >= 11 is 0. The molecule has 2 aromatic heterocycles. The molecule has 0 spiro atoms. The van der Waals surface area contributed by atoms with Crippen LogP contribution in [0.2, 0.25) is 0 Å². The SMILES string of the molecule is COc1cc(C)nc(Cn2cccc2C(C)=O)c1. The van der Waals surface area contributed by atoms with Gasteiger partial charge in [0.15, 0.2) is 5.78 Å². The molecule has 0 fully saturated rings. The molecule has 0 aliphatic carbocycles. The van der Waals surface area contributed by atoms with Gasteiger partial charge in [0.05, 0.1) is 25.0 Å². The largest absolute Gasteiger partial charge is 0.497 e. The topological polar surface area (TPSA) is 44.1 Å². The first-order valence-electron chi connectivity index (χ1n) is 5.78. The highest BCUT2D eigenvalue weighted by Gasteiger charge is 2.07. The molecule has 0 atom stereocenters. The lowest BCUT2D eigenvalue weighted by molar-refractivity contribution is 0.100. The summed E-state index contributed by atoms with van der Waals surface area (Å²) in [6.07, 6.45) is 1.88. The van der Waals surface area contributed by atoms with Crippen LogP contribution in [0.3, 0.4) is 0 Å².